The zero-order valence-corrected chi connectivity index (χ0v) is 14.6. The number of carboxylic acid groups (broad SMARTS) is 1. The fourth-order valence-electron chi connectivity index (χ4n) is 3.77. The lowest BCUT2D eigenvalue weighted by atomic mass is 9.70. The largest absolute Gasteiger partial charge is 0.573 e. The number of halogens is 3. The summed E-state index contributed by atoms with van der Waals surface area (Å²) in [5.41, 5.74) is 12.1. The van der Waals surface area contributed by atoms with E-state index in [0.29, 0.717) is 19.4 Å². The van der Waals surface area contributed by atoms with Gasteiger partial charge in [0.15, 0.2) is 0 Å². The molecule has 2 aliphatic rings. The molecule has 1 heterocycles. The smallest absolute Gasteiger partial charge is 0.450 e. The normalized spacial score (nSPS) is 27.5. The number of nitrogens with two attached hydrogens (primary N) is 1. The molecule has 1 aromatic rings. The summed E-state index contributed by atoms with van der Waals surface area (Å²) in [7, 11) is 0. The third-order valence-corrected chi connectivity index (χ3v) is 5.12. The second-order valence-corrected chi connectivity index (χ2v) is 6.87. The molecule has 28 heavy (non-hydrogen) atoms. The number of hydrazine groups is 2. The van der Waals surface area contributed by atoms with Gasteiger partial charge in [-0.3, -0.25) is 4.79 Å². The van der Waals surface area contributed by atoms with Crippen molar-refractivity contribution >= 4 is 12.1 Å². The first kappa shape index (κ1) is 20.2. The third-order valence-electron chi connectivity index (χ3n) is 5.12. The number of rotatable bonds is 4. The first-order valence-electron chi connectivity index (χ1n) is 8.41. The molecule has 1 aliphatic carbocycles. The predicted molar refractivity (Wildman–Crippen MR) is 87.9 cm³/mol. The number of ether oxygens (including phenoxy) is 2. The molecule has 0 unspecified atom stereocenters. The molecule has 1 amide bonds. The average Bonchev–Trinajstić information content (AvgIpc) is 3.04. The van der Waals surface area contributed by atoms with Gasteiger partial charge in [-0.1, -0.05) is 0 Å². The van der Waals surface area contributed by atoms with Gasteiger partial charge in [0.05, 0.1) is 0 Å². The molecule has 0 radical (unpaired) electrons. The fourth-order valence-corrected chi connectivity index (χ4v) is 3.77. The molecule has 0 bridgehead atoms. The van der Waals surface area contributed by atoms with Gasteiger partial charge in [0.25, 0.3) is 0 Å². The molecule has 154 valence electrons. The topological polar surface area (TPSA) is 135 Å². The Balaban J connectivity index is 2.02. The molecule has 2 fully saturated rings. The second-order valence-electron chi connectivity index (χ2n) is 6.87. The molecule has 12 heteroatoms. The van der Waals surface area contributed by atoms with Crippen molar-refractivity contribution in [1.29, 1.82) is 0 Å². The summed E-state index contributed by atoms with van der Waals surface area (Å²) in [6.45, 7) is 0.566. The molecule has 9 nitrogen and oxygen atoms in total. The van der Waals surface area contributed by atoms with Crippen LogP contribution in [0.25, 0.3) is 0 Å². The van der Waals surface area contributed by atoms with Crippen LogP contribution in [0.2, 0.25) is 0 Å². The number of nitrogens with one attached hydrogen (secondary N) is 3. The van der Waals surface area contributed by atoms with Crippen molar-refractivity contribution in [2.45, 2.75) is 43.2 Å². The van der Waals surface area contributed by atoms with Gasteiger partial charge in [-0.15, -0.1) is 13.2 Å². The Bertz CT molecular complexity index is 770. The summed E-state index contributed by atoms with van der Waals surface area (Å²) in [5, 5.41) is 9.24. The number of carbonyl (C=O) groups is 2. The van der Waals surface area contributed by atoms with Crippen molar-refractivity contribution in [1.82, 2.24) is 16.4 Å². The first-order valence-corrected chi connectivity index (χ1v) is 8.41. The Kier molecular flexibility index (Phi) is 5.12. The standard InChI is InChI=1S/C16H19F3N4O5/c17-16(18,19)27-9-1-2-10(12(20)24)11(7-9)15(28-13(25)26)5-3-14(4-6-15)8-21-23-22-14/h1-2,7,21-23H,3-6,8H2,(H2,20,24)(H,25,26). The third kappa shape index (κ3) is 4.13. The van der Waals surface area contributed by atoms with Crippen LogP contribution in [0.4, 0.5) is 18.0 Å². The van der Waals surface area contributed by atoms with Gasteiger partial charge in [-0.25, -0.2) is 15.6 Å². The predicted octanol–water partition coefficient (Wildman–Crippen LogP) is 1.50. The maximum absolute atomic E-state index is 12.6. The molecule has 1 aliphatic heterocycles. The maximum atomic E-state index is 12.6. The van der Waals surface area contributed by atoms with E-state index in [1.54, 1.807) is 0 Å². The van der Waals surface area contributed by atoms with E-state index in [-0.39, 0.29) is 29.5 Å². The van der Waals surface area contributed by atoms with Gasteiger partial charge in [-0.2, -0.15) is 5.53 Å². The quantitative estimate of drug-likeness (QED) is 0.477. The monoisotopic (exact) mass is 404 g/mol. The number of hydrogen-bond acceptors (Lipinski definition) is 7. The van der Waals surface area contributed by atoms with E-state index in [4.69, 9.17) is 10.5 Å². The Morgan fingerprint density at radius 1 is 1.18 bits per heavy atom. The fraction of sp³-hybridized carbons (Fsp3) is 0.500. The van der Waals surface area contributed by atoms with E-state index >= 15 is 0 Å². The molecule has 1 aromatic carbocycles. The zero-order chi connectivity index (χ0) is 20.6. The van der Waals surface area contributed by atoms with Crippen molar-refractivity contribution in [2.24, 2.45) is 5.73 Å². The average molecular weight is 404 g/mol. The number of hydrogen-bond donors (Lipinski definition) is 5. The highest BCUT2D eigenvalue weighted by molar-refractivity contribution is 5.95. The lowest BCUT2D eigenvalue weighted by Gasteiger charge is -2.43. The minimum atomic E-state index is -4.95. The van der Waals surface area contributed by atoms with Crippen LogP contribution < -0.4 is 26.9 Å². The van der Waals surface area contributed by atoms with Gasteiger partial charge in [0, 0.05) is 23.2 Å². The van der Waals surface area contributed by atoms with Crippen LogP contribution in [-0.2, 0) is 10.3 Å². The van der Waals surface area contributed by atoms with Gasteiger partial charge in [-0.05, 0) is 43.9 Å². The lowest BCUT2D eigenvalue weighted by molar-refractivity contribution is -0.274. The van der Waals surface area contributed by atoms with E-state index in [0.717, 1.165) is 18.2 Å². The number of amides is 1. The van der Waals surface area contributed by atoms with Crippen molar-refractivity contribution in [3.63, 3.8) is 0 Å². The Morgan fingerprint density at radius 2 is 1.86 bits per heavy atom. The van der Waals surface area contributed by atoms with E-state index in [1.165, 1.54) is 0 Å². The Morgan fingerprint density at radius 3 is 2.36 bits per heavy atom. The molecule has 0 atom stereocenters. The van der Waals surface area contributed by atoms with Crippen molar-refractivity contribution in [3.8, 4) is 5.75 Å². The minimum Gasteiger partial charge on any atom is -0.450 e. The highest BCUT2D eigenvalue weighted by atomic mass is 19.4. The van der Waals surface area contributed by atoms with E-state index < -0.39 is 29.8 Å². The van der Waals surface area contributed by atoms with E-state index in [2.05, 4.69) is 21.1 Å². The van der Waals surface area contributed by atoms with Crippen LogP contribution in [0.15, 0.2) is 18.2 Å². The van der Waals surface area contributed by atoms with Crippen LogP contribution in [0.5, 0.6) is 5.75 Å². The first-order chi connectivity index (χ1) is 13.0. The minimum absolute atomic E-state index is 0.0436. The molecule has 1 saturated heterocycles. The summed E-state index contributed by atoms with van der Waals surface area (Å²) in [5.74, 6) is -1.51. The van der Waals surface area contributed by atoms with Gasteiger partial charge >= 0.3 is 12.5 Å². The summed E-state index contributed by atoms with van der Waals surface area (Å²) in [6, 6.07) is 2.99. The van der Waals surface area contributed by atoms with Crippen LogP contribution in [0, 0.1) is 0 Å². The van der Waals surface area contributed by atoms with Gasteiger partial charge < -0.3 is 20.3 Å². The molecule has 1 saturated carbocycles. The van der Waals surface area contributed by atoms with Crippen LogP contribution >= 0.6 is 0 Å². The SMILES string of the molecule is NC(=O)c1ccc(OC(F)(F)F)cc1C1(OC(=O)O)CCC2(CC1)CNNN2. The number of primary amides is 1. The molecular formula is C16H19F3N4O5. The molecule has 1 spiro atoms. The van der Waals surface area contributed by atoms with E-state index in [9.17, 15) is 27.9 Å². The molecule has 3 rings (SSSR count). The highest BCUT2D eigenvalue weighted by Crippen LogP contribution is 2.46. The summed E-state index contributed by atoms with van der Waals surface area (Å²) in [6.07, 6.45) is -5.43. The lowest BCUT2D eigenvalue weighted by Crippen LogP contribution is -2.52. The summed E-state index contributed by atoms with van der Waals surface area (Å²) in [4.78, 5) is 23.2. The Labute approximate surface area is 157 Å². The Hall–Kier alpha value is -2.57. The molecular weight excluding hydrogens is 385 g/mol. The van der Waals surface area contributed by atoms with Crippen LogP contribution in [0.1, 0.15) is 41.6 Å². The summed E-state index contributed by atoms with van der Waals surface area (Å²) >= 11 is 0. The molecule has 6 N–H and O–H groups in total. The zero-order valence-electron chi connectivity index (χ0n) is 14.6. The number of alkyl halides is 3. The second kappa shape index (κ2) is 7.11. The van der Waals surface area contributed by atoms with Crippen molar-refractivity contribution < 1.29 is 37.3 Å². The van der Waals surface area contributed by atoms with Crippen LogP contribution in [-0.4, -0.2) is 35.6 Å². The van der Waals surface area contributed by atoms with Crippen molar-refractivity contribution in [2.75, 3.05) is 6.54 Å². The van der Waals surface area contributed by atoms with E-state index in [1.807, 2.05) is 0 Å². The van der Waals surface area contributed by atoms with Gasteiger partial charge in [0.1, 0.15) is 11.4 Å². The highest BCUT2D eigenvalue weighted by Gasteiger charge is 2.49. The maximum Gasteiger partial charge on any atom is 0.573 e. The number of benzene rings is 1. The molecule has 0 aromatic heterocycles. The number of carbonyl (C=O) groups excluding carboxylic acids is 1. The van der Waals surface area contributed by atoms with Gasteiger partial charge in [0.2, 0.25) is 5.91 Å². The summed E-state index contributed by atoms with van der Waals surface area (Å²) < 4.78 is 46.9. The van der Waals surface area contributed by atoms with Crippen LogP contribution in [0.3, 0.4) is 0 Å². The van der Waals surface area contributed by atoms with Crippen molar-refractivity contribution in [3.05, 3.63) is 29.3 Å².